The standard InChI is InChI=1S/C45H72O6/c1-4-7-10-13-15-17-19-21-22-24-25-27-29-32-35-38-44(47)50-41-42(40-49-43(46)37-34-31-12-9-6-3)51-45(48)39-36-33-30-28-26-23-20-18-16-14-11-8-5-2/h7-8,10-11,15-18,21-23,25-27,42H,4-6,9,12-14,19-20,24,28-41H2,1-3H3/b10-7-,11-8-,17-15-,18-16-,22-21-,26-23-,27-25-. The monoisotopic (exact) mass is 709 g/mol. The second-order valence-electron chi connectivity index (χ2n) is 12.8. The number of ether oxygens (including phenoxy) is 3. The molecule has 6 nitrogen and oxygen atoms in total. The minimum Gasteiger partial charge on any atom is -0.462 e. The molecular weight excluding hydrogens is 636 g/mol. The van der Waals surface area contributed by atoms with Gasteiger partial charge in [0.15, 0.2) is 6.10 Å². The van der Waals surface area contributed by atoms with Gasteiger partial charge in [-0.3, -0.25) is 14.4 Å². The Morgan fingerprint density at radius 1 is 0.412 bits per heavy atom. The summed E-state index contributed by atoms with van der Waals surface area (Å²) < 4.78 is 16.5. The van der Waals surface area contributed by atoms with Crippen molar-refractivity contribution in [3.8, 4) is 0 Å². The Balaban J connectivity index is 4.42. The van der Waals surface area contributed by atoms with E-state index in [9.17, 15) is 14.4 Å². The number of rotatable bonds is 34. The number of allylic oxidation sites excluding steroid dienone is 14. The first-order valence-electron chi connectivity index (χ1n) is 20.1. The molecule has 6 heteroatoms. The van der Waals surface area contributed by atoms with Crippen molar-refractivity contribution < 1.29 is 28.6 Å². The van der Waals surface area contributed by atoms with E-state index in [4.69, 9.17) is 14.2 Å². The Morgan fingerprint density at radius 3 is 1.22 bits per heavy atom. The van der Waals surface area contributed by atoms with Crippen molar-refractivity contribution in [3.63, 3.8) is 0 Å². The molecule has 0 bridgehead atoms. The number of carbonyl (C=O) groups excluding carboxylic acids is 3. The third kappa shape index (κ3) is 37.7. The van der Waals surface area contributed by atoms with Gasteiger partial charge in [0.05, 0.1) is 0 Å². The largest absolute Gasteiger partial charge is 0.462 e. The maximum atomic E-state index is 12.6. The molecule has 0 radical (unpaired) electrons. The van der Waals surface area contributed by atoms with Gasteiger partial charge >= 0.3 is 17.9 Å². The van der Waals surface area contributed by atoms with Crippen LogP contribution in [0.25, 0.3) is 0 Å². The smallest absolute Gasteiger partial charge is 0.306 e. The van der Waals surface area contributed by atoms with Crippen molar-refractivity contribution in [1.29, 1.82) is 0 Å². The highest BCUT2D eigenvalue weighted by molar-refractivity contribution is 5.71. The molecule has 0 aromatic rings. The summed E-state index contributed by atoms with van der Waals surface area (Å²) in [5, 5.41) is 0. The molecule has 0 rings (SSSR count). The summed E-state index contributed by atoms with van der Waals surface area (Å²) in [4.78, 5) is 37.3. The maximum absolute atomic E-state index is 12.6. The molecule has 1 unspecified atom stereocenters. The summed E-state index contributed by atoms with van der Waals surface area (Å²) in [5.41, 5.74) is 0. The second kappa shape index (κ2) is 39.4. The fourth-order valence-corrected chi connectivity index (χ4v) is 4.91. The van der Waals surface area contributed by atoms with Crippen molar-refractivity contribution in [2.24, 2.45) is 0 Å². The topological polar surface area (TPSA) is 78.9 Å². The Morgan fingerprint density at radius 2 is 0.765 bits per heavy atom. The zero-order valence-electron chi connectivity index (χ0n) is 32.6. The van der Waals surface area contributed by atoms with Crippen LogP contribution in [0.3, 0.4) is 0 Å². The molecule has 0 spiro atoms. The van der Waals surface area contributed by atoms with Gasteiger partial charge in [0.2, 0.25) is 0 Å². The van der Waals surface area contributed by atoms with E-state index in [1.54, 1.807) is 0 Å². The molecule has 0 heterocycles. The first-order chi connectivity index (χ1) is 25.0. The quantitative estimate of drug-likeness (QED) is 0.0286. The van der Waals surface area contributed by atoms with Gasteiger partial charge < -0.3 is 14.2 Å². The van der Waals surface area contributed by atoms with Gasteiger partial charge in [-0.2, -0.15) is 0 Å². The fourth-order valence-electron chi connectivity index (χ4n) is 4.91. The zero-order valence-corrected chi connectivity index (χ0v) is 32.6. The van der Waals surface area contributed by atoms with Crippen molar-refractivity contribution in [3.05, 3.63) is 85.1 Å². The van der Waals surface area contributed by atoms with Gasteiger partial charge in [-0.25, -0.2) is 0 Å². The lowest BCUT2D eigenvalue weighted by molar-refractivity contribution is -0.167. The van der Waals surface area contributed by atoms with Crippen LogP contribution in [0.1, 0.15) is 162 Å². The summed E-state index contributed by atoms with van der Waals surface area (Å²) >= 11 is 0. The Hall–Kier alpha value is -3.41. The van der Waals surface area contributed by atoms with E-state index in [-0.39, 0.29) is 37.5 Å². The van der Waals surface area contributed by atoms with Crippen LogP contribution in [0.15, 0.2) is 85.1 Å². The number of unbranched alkanes of at least 4 members (excludes halogenated alkanes) is 9. The van der Waals surface area contributed by atoms with Crippen LogP contribution in [0.4, 0.5) is 0 Å². The molecule has 0 aliphatic carbocycles. The molecule has 0 amide bonds. The van der Waals surface area contributed by atoms with E-state index in [1.807, 2.05) is 0 Å². The SMILES string of the molecule is CC/C=C\C/C=C\C/C=C\C/C=C\CCCCC(=O)OCC(COC(=O)CCCCCCC)OC(=O)CCCCC/C=C\C/C=C\C/C=C\CC. The molecule has 288 valence electrons. The summed E-state index contributed by atoms with van der Waals surface area (Å²) in [6, 6.07) is 0. The molecule has 51 heavy (non-hydrogen) atoms. The molecule has 0 aliphatic rings. The van der Waals surface area contributed by atoms with Crippen molar-refractivity contribution in [1.82, 2.24) is 0 Å². The first-order valence-corrected chi connectivity index (χ1v) is 20.1. The lowest BCUT2D eigenvalue weighted by Crippen LogP contribution is -2.30. The molecule has 0 aromatic heterocycles. The van der Waals surface area contributed by atoms with E-state index in [1.165, 1.54) is 0 Å². The third-order valence-electron chi connectivity index (χ3n) is 7.90. The Labute approximate surface area is 312 Å². The molecule has 0 aliphatic heterocycles. The van der Waals surface area contributed by atoms with Crippen molar-refractivity contribution in [2.75, 3.05) is 13.2 Å². The summed E-state index contributed by atoms with van der Waals surface area (Å²) in [6.45, 7) is 6.21. The number of carbonyl (C=O) groups is 3. The van der Waals surface area contributed by atoms with Gasteiger partial charge in [0, 0.05) is 19.3 Å². The van der Waals surface area contributed by atoms with E-state index < -0.39 is 6.10 Å². The average molecular weight is 709 g/mol. The normalized spacial score (nSPS) is 12.9. The zero-order chi connectivity index (χ0) is 37.3. The molecule has 0 N–H and O–H groups in total. The molecule has 0 fully saturated rings. The third-order valence-corrected chi connectivity index (χ3v) is 7.90. The van der Waals surface area contributed by atoms with Gasteiger partial charge in [-0.05, 0) is 89.9 Å². The molecule has 0 saturated carbocycles. The number of hydrogen-bond donors (Lipinski definition) is 0. The fraction of sp³-hybridized carbons (Fsp3) is 0.622. The van der Waals surface area contributed by atoms with Crippen LogP contribution in [-0.4, -0.2) is 37.2 Å². The van der Waals surface area contributed by atoms with E-state index in [0.29, 0.717) is 12.8 Å². The minimum absolute atomic E-state index is 0.104. The van der Waals surface area contributed by atoms with Crippen LogP contribution < -0.4 is 0 Å². The average Bonchev–Trinajstić information content (AvgIpc) is 3.12. The predicted molar refractivity (Wildman–Crippen MR) is 214 cm³/mol. The van der Waals surface area contributed by atoms with Crippen LogP contribution in [0.2, 0.25) is 0 Å². The number of hydrogen-bond acceptors (Lipinski definition) is 6. The molecule has 0 saturated heterocycles. The highest BCUT2D eigenvalue weighted by Gasteiger charge is 2.19. The Bertz CT molecular complexity index is 1040. The Kier molecular flexibility index (Phi) is 36.7. The first kappa shape index (κ1) is 47.6. The lowest BCUT2D eigenvalue weighted by Gasteiger charge is -2.18. The van der Waals surface area contributed by atoms with Crippen LogP contribution in [0.5, 0.6) is 0 Å². The summed E-state index contributed by atoms with van der Waals surface area (Å²) in [7, 11) is 0. The van der Waals surface area contributed by atoms with Crippen LogP contribution in [0, 0.1) is 0 Å². The van der Waals surface area contributed by atoms with Crippen molar-refractivity contribution in [2.45, 2.75) is 168 Å². The molecule has 1 atom stereocenters. The van der Waals surface area contributed by atoms with E-state index in [0.717, 1.165) is 122 Å². The number of esters is 3. The summed E-state index contributed by atoms with van der Waals surface area (Å²) in [5.74, 6) is -1.01. The molecule has 0 aromatic carbocycles. The maximum Gasteiger partial charge on any atom is 0.306 e. The van der Waals surface area contributed by atoms with Gasteiger partial charge in [0.25, 0.3) is 0 Å². The lowest BCUT2D eigenvalue weighted by atomic mass is 10.1. The highest BCUT2D eigenvalue weighted by Crippen LogP contribution is 2.10. The predicted octanol–water partition coefficient (Wildman–Crippen LogP) is 12.5. The van der Waals surface area contributed by atoms with Gasteiger partial charge in [-0.1, -0.05) is 138 Å². The van der Waals surface area contributed by atoms with Crippen molar-refractivity contribution >= 4 is 17.9 Å². The molecular formula is C45H72O6. The van der Waals surface area contributed by atoms with Crippen LogP contribution >= 0.6 is 0 Å². The van der Waals surface area contributed by atoms with Crippen LogP contribution in [-0.2, 0) is 28.6 Å². The minimum atomic E-state index is -0.802. The van der Waals surface area contributed by atoms with E-state index >= 15 is 0 Å². The summed E-state index contributed by atoms with van der Waals surface area (Å²) in [6.07, 6.45) is 48.8. The highest BCUT2D eigenvalue weighted by atomic mass is 16.6. The van der Waals surface area contributed by atoms with Gasteiger partial charge in [-0.15, -0.1) is 0 Å². The van der Waals surface area contributed by atoms with Gasteiger partial charge in [0.1, 0.15) is 13.2 Å². The second-order valence-corrected chi connectivity index (χ2v) is 12.8. The van der Waals surface area contributed by atoms with E-state index in [2.05, 4.69) is 106 Å².